The maximum Gasteiger partial charge on any atom is 0.228 e. The average molecular weight is 400 g/mol. The van der Waals surface area contributed by atoms with Crippen molar-refractivity contribution < 1.29 is 9.59 Å². The lowest BCUT2D eigenvalue weighted by atomic mass is 9.97. The van der Waals surface area contributed by atoms with Crippen LogP contribution in [-0.2, 0) is 16.1 Å². The molecule has 2 aromatic rings. The van der Waals surface area contributed by atoms with Gasteiger partial charge < -0.3 is 10.2 Å². The van der Waals surface area contributed by atoms with E-state index in [1.807, 2.05) is 12.1 Å². The van der Waals surface area contributed by atoms with Crippen molar-refractivity contribution >= 4 is 33.4 Å². The van der Waals surface area contributed by atoms with Crippen LogP contribution < -0.4 is 15.1 Å². The van der Waals surface area contributed by atoms with Crippen molar-refractivity contribution in [2.75, 3.05) is 29.4 Å². The molecule has 7 nitrogen and oxygen atoms in total. The van der Waals surface area contributed by atoms with Gasteiger partial charge in [-0.2, -0.15) is 0 Å². The van der Waals surface area contributed by atoms with Gasteiger partial charge in [0, 0.05) is 32.6 Å². The van der Waals surface area contributed by atoms with E-state index in [1.165, 1.54) is 16.9 Å². The first-order valence-corrected chi connectivity index (χ1v) is 10.6. The first-order chi connectivity index (χ1) is 13.6. The smallest absolute Gasteiger partial charge is 0.228 e. The van der Waals surface area contributed by atoms with E-state index in [-0.39, 0.29) is 17.7 Å². The molecule has 1 aromatic carbocycles. The molecule has 2 saturated heterocycles. The second-order valence-corrected chi connectivity index (χ2v) is 8.44. The van der Waals surface area contributed by atoms with Gasteiger partial charge in [-0.05, 0) is 31.7 Å². The minimum Gasteiger partial charge on any atom is -0.352 e. The molecule has 0 saturated carbocycles. The van der Waals surface area contributed by atoms with Crippen molar-refractivity contribution in [1.29, 1.82) is 0 Å². The van der Waals surface area contributed by atoms with Gasteiger partial charge in [-0.25, -0.2) is 0 Å². The lowest BCUT2D eigenvalue weighted by Crippen LogP contribution is -2.43. The molecule has 1 aromatic heterocycles. The van der Waals surface area contributed by atoms with Crippen LogP contribution in [0, 0.1) is 12.8 Å². The Balaban J connectivity index is 1.35. The number of hydrogen-bond donors (Lipinski definition) is 1. The Labute approximate surface area is 168 Å². The predicted molar refractivity (Wildman–Crippen MR) is 109 cm³/mol. The van der Waals surface area contributed by atoms with Gasteiger partial charge in [0.15, 0.2) is 0 Å². The summed E-state index contributed by atoms with van der Waals surface area (Å²) in [5.41, 5.74) is 2.32. The van der Waals surface area contributed by atoms with E-state index >= 15 is 0 Å². The van der Waals surface area contributed by atoms with Crippen LogP contribution in [0.5, 0.6) is 0 Å². The van der Waals surface area contributed by atoms with E-state index in [1.54, 1.807) is 4.90 Å². The second-order valence-electron chi connectivity index (χ2n) is 7.50. The number of benzene rings is 1. The van der Waals surface area contributed by atoms with Gasteiger partial charge in [0.25, 0.3) is 0 Å². The minimum atomic E-state index is -0.0556. The predicted octanol–water partition coefficient (Wildman–Crippen LogP) is 2.51. The summed E-state index contributed by atoms with van der Waals surface area (Å²) in [5, 5.41) is 13.0. The summed E-state index contributed by atoms with van der Waals surface area (Å²) >= 11 is 1.44. The summed E-state index contributed by atoms with van der Waals surface area (Å²) in [6, 6.07) is 8.21. The first kappa shape index (κ1) is 18.9. The molecule has 0 unspecified atom stereocenters. The van der Waals surface area contributed by atoms with Crippen molar-refractivity contribution in [3.8, 4) is 0 Å². The maximum absolute atomic E-state index is 12.6. The number of rotatable bonds is 5. The molecule has 2 aliphatic heterocycles. The number of nitrogens with zero attached hydrogens (tertiary/aromatic N) is 4. The summed E-state index contributed by atoms with van der Waals surface area (Å²) in [6.45, 7) is 4.83. The highest BCUT2D eigenvalue weighted by molar-refractivity contribution is 7.19. The van der Waals surface area contributed by atoms with Gasteiger partial charge in [-0.15, -0.1) is 10.2 Å². The third-order valence-electron chi connectivity index (χ3n) is 5.36. The number of carbonyl (C=O) groups is 2. The third kappa shape index (κ3) is 4.16. The van der Waals surface area contributed by atoms with E-state index < -0.39 is 0 Å². The molecule has 2 amide bonds. The van der Waals surface area contributed by atoms with Crippen LogP contribution in [0.4, 0.5) is 10.3 Å². The molecule has 0 spiro atoms. The van der Waals surface area contributed by atoms with Crippen LogP contribution in [0.25, 0.3) is 0 Å². The van der Waals surface area contributed by atoms with Gasteiger partial charge in [0.2, 0.25) is 22.1 Å². The summed E-state index contributed by atoms with van der Waals surface area (Å²) < 4.78 is 0. The summed E-state index contributed by atoms with van der Waals surface area (Å²) in [6.07, 6.45) is 3.29. The molecule has 0 aliphatic carbocycles. The number of amides is 2. The van der Waals surface area contributed by atoms with Crippen LogP contribution in [0.15, 0.2) is 24.3 Å². The SMILES string of the molecule is Cc1ccc(CNC(=O)[C@@H]2CCCN(c3nnc(N4CCCC4=O)s3)C2)cc1. The maximum atomic E-state index is 12.6. The lowest BCUT2D eigenvalue weighted by molar-refractivity contribution is -0.125. The van der Waals surface area contributed by atoms with Gasteiger partial charge >= 0.3 is 0 Å². The van der Waals surface area contributed by atoms with Crippen LogP contribution in [0.2, 0.25) is 0 Å². The number of aryl methyl sites for hydroxylation is 1. The highest BCUT2D eigenvalue weighted by Gasteiger charge is 2.29. The number of carbonyl (C=O) groups excluding carboxylic acids is 2. The third-order valence-corrected chi connectivity index (χ3v) is 6.37. The molecule has 0 bridgehead atoms. The normalized spacial score (nSPS) is 19.9. The number of hydrogen-bond acceptors (Lipinski definition) is 6. The van der Waals surface area contributed by atoms with Crippen molar-refractivity contribution in [2.45, 2.75) is 39.2 Å². The summed E-state index contributed by atoms with van der Waals surface area (Å²) in [5.74, 6) is 0.152. The second kappa shape index (κ2) is 8.26. The van der Waals surface area contributed by atoms with Gasteiger partial charge in [-0.3, -0.25) is 14.5 Å². The number of aromatic nitrogens is 2. The molecule has 0 radical (unpaired) electrons. The Kier molecular flexibility index (Phi) is 5.57. The van der Waals surface area contributed by atoms with Crippen molar-refractivity contribution in [1.82, 2.24) is 15.5 Å². The molecule has 8 heteroatoms. The van der Waals surface area contributed by atoms with Gasteiger partial charge in [0.05, 0.1) is 5.92 Å². The molecule has 148 valence electrons. The molecule has 1 atom stereocenters. The van der Waals surface area contributed by atoms with E-state index in [0.29, 0.717) is 24.6 Å². The zero-order chi connectivity index (χ0) is 19.5. The van der Waals surface area contributed by atoms with Gasteiger partial charge in [0.1, 0.15) is 0 Å². The topological polar surface area (TPSA) is 78.4 Å². The fraction of sp³-hybridized carbons (Fsp3) is 0.500. The summed E-state index contributed by atoms with van der Waals surface area (Å²) in [7, 11) is 0. The molecule has 3 heterocycles. The minimum absolute atomic E-state index is 0.0556. The van der Waals surface area contributed by atoms with Crippen LogP contribution in [0.1, 0.15) is 36.8 Å². The highest BCUT2D eigenvalue weighted by atomic mass is 32.1. The van der Waals surface area contributed by atoms with Crippen molar-refractivity contribution in [2.24, 2.45) is 5.92 Å². The van der Waals surface area contributed by atoms with Crippen molar-refractivity contribution in [3.05, 3.63) is 35.4 Å². The molecular weight excluding hydrogens is 374 g/mol. The molecule has 1 N–H and O–H groups in total. The number of piperidine rings is 1. The quantitative estimate of drug-likeness (QED) is 0.836. The van der Waals surface area contributed by atoms with Gasteiger partial charge in [-0.1, -0.05) is 41.2 Å². The zero-order valence-corrected chi connectivity index (χ0v) is 16.9. The molecule has 28 heavy (non-hydrogen) atoms. The monoisotopic (exact) mass is 399 g/mol. The number of nitrogens with one attached hydrogen (secondary N) is 1. The Hall–Kier alpha value is -2.48. The molecule has 2 fully saturated rings. The van der Waals surface area contributed by atoms with E-state index in [0.717, 1.165) is 43.0 Å². The zero-order valence-electron chi connectivity index (χ0n) is 16.1. The Bertz CT molecular complexity index is 851. The fourth-order valence-electron chi connectivity index (χ4n) is 3.70. The van der Waals surface area contributed by atoms with Crippen LogP contribution in [-0.4, -0.2) is 41.6 Å². The highest BCUT2D eigenvalue weighted by Crippen LogP contribution is 2.32. The van der Waals surface area contributed by atoms with E-state index in [2.05, 4.69) is 39.5 Å². The van der Waals surface area contributed by atoms with Crippen LogP contribution >= 0.6 is 11.3 Å². The lowest BCUT2D eigenvalue weighted by Gasteiger charge is -2.31. The Morgan fingerprint density at radius 3 is 2.71 bits per heavy atom. The molecule has 2 aliphatic rings. The van der Waals surface area contributed by atoms with E-state index in [4.69, 9.17) is 0 Å². The average Bonchev–Trinajstić information content (AvgIpc) is 3.36. The largest absolute Gasteiger partial charge is 0.352 e. The van der Waals surface area contributed by atoms with Crippen molar-refractivity contribution in [3.63, 3.8) is 0 Å². The standard InChI is InChI=1S/C20H25N5O2S/c1-14-6-8-15(9-7-14)12-21-18(27)16-4-2-10-24(13-16)19-22-23-20(28-19)25-11-3-5-17(25)26/h6-9,16H,2-5,10-13H2,1H3,(H,21,27)/t16-/m1/s1. The summed E-state index contributed by atoms with van der Waals surface area (Å²) in [4.78, 5) is 28.4. The van der Waals surface area contributed by atoms with Crippen LogP contribution in [0.3, 0.4) is 0 Å². The molecular formula is C20H25N5O2S. The fourth-order valence-corrected chi connectivity index (χ4v) is 4.62. The Morgan fingerprint density at radius 1 is 1.18 bits per heavy atom. The Morgan fingerprint density at radius 2 is 1.96 bits per heavy atom. The van der Waals surface area contributed by atoms with E-state index in [9.17, 15) is 9.59 Å². The first-order valence-electron chi connectivity index (χ1n) is 9.82. The molecule has 4 rings (SSSR count). The number of anilines is 2.